The van der Waals surface area contributed by atoms with Gasteiger partial charge in [0.1, 0.15) is 0 Å². The molecule has 0 aliphatic heterocycles. The summed E-state index contributed by atoms with van der Waals surface area (Å²) in [6, 6.07) is -0.463. The lowest BCUT2D eigenvalue weighted by molar-refractivity contribution is -0.119. The number of hydrogen-bond acceptors (Lipinski definition) is 4. The van der Waals surface area contributed by atoms with E-state index in [-0.39, 0.29) is 23.0 Å². The lowest BCUT2D eigenvalue weighted by Gasteiger charge is -2.15. The van der Waals surface area contributed by atoms with Gasteiger partial charge in [-0.15, -0.1) is 11.8 Å². The molecule has 0 spiro atoms. The molecule has 2 unspecified atom stereocenters. The molecular formula is C10H20N2O3S. The average molecular weight is 248 g/mol. The average Bonchev–Trinajstić information content (AvgIpc) is 2.17. The largest absolute Gasteiger partial charge is 0.396 e. The zero-order chi connectivity index (χ0) is 12.6. The van der Waals surface area contributed by atoms with Crippen LogP contribution in [0.25, 0.3) is 0 Å². The Hall–Kier alpha value is -0.750. The van der Waals surface area contributed by atoms with Gasteiger partial charge in [0, 0.05) is 18.4 Å². The third kappa shape index (κ3) is 6.68. The van der Waals surface area contributed by atoms with Gasteiger partial charge in [-0.1, -0.05) is 6.92 Å². The molecule has 0 aliphatic carbocycles. The number of urea groups is 1. The van der Waals surface area contributed by atoms with Gasteiger partial charge in [0.15, 0.2) is 0 Å². The minimum absolute atomic E-state index is 0.110. The fourth-order valence-electron chi connectivity index (χ4n) is 1.08. The first-order chi connectivity index (χ1) is 7.51. The summed E-state index contributed by atoms with van der Waals surface area (Å²) in [5.41, 5.74) is 0. The Labute approximate surface area is 100 Å². The molecule has 3 amide bonds. The smallest absolute Gasteiger partial charge is 0.321 e. The van der Waals surface area contributed by atoms with E-state index in [1.165, 1.54) is 11.8 Å². The topological polar surface area (TPSA) is 78.4 Å². The summed E-state index contributed by atoms with van der Waals surface area (Å²) < 4.78 is 0. The molecule has 16 heavy (non-hydrogen) atoms. The van der Waals surface area contributed by atoms with Crippen LogP contribution >= 0.6 is 11.8 Å². The second-order valence-electron chi connectivity index (χ2n) is 3.45. The highest BCUT2D eigenvalue weighted by atomic mass is 32.2. The van der Waals surface area contributed by atoms with Gasteiger partial charge in [0.25, 0.3) is 0 Å². The van der Waals surface area contributed by atoms with Crippen molar-refractivity contribution >= 4 is 23.7 Å². The second-order valence-corrected chi connectivity index (χ2v) is 5.23. The highest BCUT2D eigenvalue weighted by Crippen LogP contribution is 2.19. The van der Waals surface area contributed by atoms with Crippen LogP contribution in [0.1, 0.15) is 27.2 Å². The van der Waals surface area contributed by atoms with Crippen LogP contribution in [0.15, 0.2) is 0 Å². The molecule has 6 heteroatoms. The van der Waals surface area contributed by atoms with Gasteiger partial charge in [0.2, 0.25) is 5.91 Å². The molecule has 0 aromatic rings. The fraction of sp³-hybridized carbons (Fsp3) is 0.800. The van der Waals surface area contributed by atoms with E-state index >= 15 is 0 Å². The Balaban J connectivity index is 3.94. The van der Waals surface area contributed by atoms with Crippen molar-refractivity contribution in [3.8, 4) is 0 Å². The Morgan fingerprint density at radius 1 is 1.38 bits per heavy atom. The molecule has 0 bridgehead atoms. The van der Waals surface area contributed by atoms with Crippen LogP contribution in [-0.2, 0) is 4.79 Å². The maximum atomic E-state index is 11.5. The minimum Gasteiger partial charge on any atom is -0.396 e. The van der Waals surface area contributed by atoms with Gasteiger partial charge in [-0.3, -0.25) is 10.1 Å². The number of rotatable bonds is 6. The van der Waals surface area contributed by atoms with E-state index in [9.17, 15) is 9.59 Å². The summed E-state index contributed by atoms with van der Waals surface area (Å²) in [5.74, 6) is -0.305. The van der Waals surface area contributed by atoms with E-state index in [1.807, 2.05) is 6.92 Å². The van der Waals surface area contributed by atoms with Gasteiger partial charge in [-0.05, 0) is 20.3 Å². The van der Waals surface area contributed by atoms with Crippen molar-refractivity contribution in [2.75, 3.05) is 13.2 Å². The quantitative estimate of drug-likeness (QED) is 0.647. The summed E-state index contributed by atoms with van der Waals surface area (Å²) >= 11 is 1.44. The lowest BCUT2D eigenvalue weighted by atomic mass is 10.3. The number of aliphatic hydroxyl groups is 1. The van der Waals surface area contributed by atoms with E-state index in [4.69, 9.17) is 5.11 Å². The van der Waals surface area contributed by atoms with Crippen molar-refractivity contribution in [3.05, 3.63) is 0 Å². The van der Waals surface area contributed by atoms with Gasteiger partial charge in [-0.25, -0.2) is 4.79 Å². The van der Waals surface area contributed by atoms with E-state index in [0.717, 1.165) is 0 Å². The summed E-state index contributed by atoms with van der Waals surface area (Å²) in [5, 5.41) is 13.4. The second kappa shape index (κ2) is 8.41. The van der Waals surface area contributed by atoms with Crippen molar-refractivity contribution in [3.63, 3.8) is 0 Å². The zero-order valence-electron chi connectivity index (χ0n) is 9.95. The number of carbonyl (C=O) groups excluding carboxylic acids is 2. The number of thioether (sulfide) groups is 1. The highest BCUT2D eigenvalue weighted by Gasteiger charge is 2.18. The molecular weight excluding hydrogens is 228 g/mol. The molecule has 0 saturated carbocycles. The van der Waals surface area contributed by atoms with E-state index in [0.29, 0.717) is 13.0 Å². The first-order valence-corrected chi connectivity index (χ1v) is 6.30. The van der Waals surface area contributed by atoms with Gasteiger partial charge in [0.05, 0.1) is 5.25 Å². The highest BCUT2D eigenvalue weighted by molar-refractivity contribution is 8.01. The number of aliphatic hydroxyl groups excluding tert-OH is 1. The summed E-state index contributed by atoms with van der Waals surface area (Å²) in [4.78, 5) is 22.6. The normalized spacial score (nSPS) is 14.0. The number of hydrogen-bond donors (Lipinski definition) is 3. The first-order valence-electron chi connectivity index (χ1n) is 5.36. The summed E-state index contributed by atoms with van der Waals surface area (Å²) in [6.07, 6.45) is 0.642. The van der Waals surface area contributed by atoms with E-state index in [1.54, 1.807) is 13.8 Å². The number of carbonyl (C=O) groups is 2. The molecule has 0 fully saturated rings. The van der Waals surface area contributed by atoms with Gasteiger partial charge >= 0.3 is 6.03 Å². The van der Waals surface area contributed by atoms with Gasteiger partial charge < -0.3 is 10.4 Å². The van der Waals surface area contributed by atoms with Crippen molar-refractivity contribution in [1.82, 2.24) is 10.6 Å². The predicted octanol–water partition coefficient (Wildman–Crippen LogP) is 0.725. The SMILES string of the molecule is CCNC(=O)NC(=O)C(C)SC(C)CCO. The fourth-order valence-corrected chi connectivity index (χ4v) is 2.20. The van der Waals surface area contributed by atoms with Crippen LogP contribution < -0.4 is 10.6 Å². The molecule has 5 nitrogen and oxygen atoms in total. The minimum atomic E-state index is -0.463. The molecule has 0 saturated heterocycles. The molecule has 0 aromatic carbocycles. The van der Waals surface area contributed by atoms with Crippen molar-refractivity contribution < 1.29 is 14.7 Å². The molecule has 0 aromatic heterocycles. The van der Waals surface area contributed by atoms with Crippen LogP contribution in [0.3, 0.4) is 0 Å². The third-order valence-corrected chi connectivity index (χ3v) is 3.24. The first kappa shape index (κ1) is 15.2. The Bertz CT molecular complexity index is 236. The van der Waals surface area contributed by atoms with Crippen LogP contribution in [-0.4, -0.2) is 40.7 Å². The summed E-state index contributed by atoms with van der Waals surface area (Å²) in [6.45, 7) is 6.07. The molecule has 94 valence electrons. The number of amides is 3. The van der Waals surface area contributed by atoms with Crippen LogP contribution in [0.4, 0.5) is 4.79 Å². The Morgan fingerprint density at radius 3 is 2.50 bits per heavy atom. The Kier molecular flexibility index (Phi) is 8.01. The maximum Gasteiger partial charge on any atom is 0.321 e. The van der Waals surface area contributed by atoms with Crippen molar-refractivity contribution in [2.45, 2.75) is 37.7 Å². The van der Waals surface area contributed by atoms with Crippen LogP contribution in [0, 0.1) is 0 Å². The Morgan fingerprint density at radius 2 is 2.00 bits per heavy atom. The van der Waals surface area contributed by atoms with Crippen molar-refractivity contribution in [1.29, 1.82) is 0 Å². The zero-order valence-corrected chi connectivity index (χ0v) is 10.8. The molecule has 0 radical (unpaired) electrons. The van der Waals surface area contributed by atoms with Crippen molar-refractivity contribution in [2.24, 2.45) is 0 Å². The monoisotopic (exact) mass is 248 g/mol. The molecule has 0 heterocycles. The third-order valence-electron chi connectivity index (χ3n) is 1.92. The lowest BCUT2D eigenvalue weighted by Crippen LogP contribution is -2.42. The van der Waals surface area contributed by atoms with Crippen LogP contribution in [0.5, 0.6) is 0 Å². The standard InChI is InChI=1S/C10H20N2O3S/c1-4-11-10(15)12-9(14)8(3)16-7(2)5-6-13/h7-8,13H,4-6H2,1-3H3,(H2,11,12,14,15). The molecule has 3 N–H and O–H groups in total. The molecule has 0 aliphatic rings. The van der Waals surface area contributed by atoms with E-state index in [2.05, 4.69) is 10.6 Å². The van der Waals surface area contributed by atoms with Crippen LogP contribution in [0.2, 0.25) is 0 Å². The predicted molar refractivity (Wildman–Crippen MR) is 65.4 cm³/mol. The maximum absolute atomic E-state index is 11.5. The van der Waals surface area contributed by atoms with E-state index < -0.39 is 6.03 Å². The molecule has 0 rings (SSSR count). The summed E-state index contributed by atoms with van der Waals surface area (Å²) in [7, 11) is 0. The molecule has 2 atom stereocenters. The number of imide groups is 1. The van der Waals surface area contributed by atoms with Gasteiger partial charge in [-0.2, -0.15) is 0 Å². The number of nitrogens with one attached hydrogen (secondary N) is 2.